The van der Waals surface area contributed by atoms with Crippen LogP contribution in [0.25, 0.3) is 0 Å². The Kier molecular flexibility index (Phi) is 3.85. The highest BCUT2D eigenvalue weighted by atomic mass is 32.1. The van der Waals surface area contributed by atoms with Crippen LogP contribution in [0.15, 0.2) is 23.7 Å². The van der Waals surface area contributed by atoms with E-state index >= 15 is 0 Å². The van der Waals surface area contributed by atoms with Gasteiger partial charge in [0, 0.05) is 11.9 Å². The summed E-state index contributed by atoms with van der Waals surface area (Å²) in [7, 11) is 1.90. The number of thiazole rings is 1. The molecule has 0 bridgehead atoms. The number of rotatable bonds is 4. The zero-order valence-corrected chi connectivity index (χ0v) is 12.0. The van der Waals surface area contributed by atoms with E-state index in [0.717, 1.165) is 21.8 Å². The molecule has 0 amide bonds. The summed E-state index contributed by atoms with van der Waals surface area (Å²) in [5.74, 6) is -0.897. The van der Waals surface area contributed by atoms with Gasteiger partial charge in [-0.15, -0.1) is 11.3 Å². The minimum absolute atomic E-state index is 0.338. The molecule has 0 spiro atoms. The Morgan fingerprint density at radius 1 is 1.42 bits per heavy atom. The first-order valence-corrected chi connectivity index (χ1v) is 6.81. The third-order valence-corrected chi connectivity index (χ3v) is 3.94. The highest BCUT2D eigenvalue weighted by Gasteiger charge is 2.15. The van der Waals surface area contributed by atoms with Crippen molar-refractivity contribution in [2.75, 3.05) is 11.9 Å². The van der Waals surface area contributed by atoms with Gasteiger partial charge in [-0.2, -0.15) is 0 Å². The minimum Gasteiger partial charge on any atom is -0.478 e. The quantitative estimate of drug-likeness (QED) is 0.932. The molecule has 0 fully saturated rings. The summed E-state index contributed by atoms with van der Waals surface area (Å²) in [5.41, 5.74) is 4.83. The molecule has 4 nitrogen and oxygen atoms in total. The van der Waals surface area contributed by atoms with Gasteiger partial charge in [-0.1, -0.05) is 11.6 Å². The van der Waals surface area contributed by atoms with Crippen molar-refractivity contribution in [3.63, 3.8) is 0 Å². The summed E-state index contributed by atoms with van der Waals surface area (Å²) in [5, 5.41) is 9.28. The van der Waals surface area contributed by atoms with E-state index in [-0.39, 0.29) is 0 Å². The minimum atomic E-state index is -0.897. The lowest BCUT2D eigenvalue weighted by Gasteiger charge is -2.21. The van der Waals surface area contributed by atoms with Crippen LogP contribution in [-0.4, -0.2) is 23.1 Å². The number of anilines is 1. The van der Waals surface area contributed by atoms with E-state index in [1.807, 2.05) is 43.4 Å². The van der Waals surface area contributed by atoms with E-state index in [9.17, 15) is 9.90 Å². The smallest absolute Gasteiger partial charge is 0.337 e. The van der Waals surface area contributed by atoms with Crippen molar-refractivity contribution < 1.29 is 9.90 Å². The molecule has 19 heavy (non-hydrogen) atoms. The zero-order valence-electron chi connectivity index (χ0n) is 11.2. The molecule has 0 saturated heterocycles. The predicted octanol–water partition coefficient (Wildman–Crippen LogP) is 3.09. The van der Waals surface area contributed by atoms with Gasteiger partial charge in [0.1, 0.15) is 0 Å². The first-order valence-electron chi connectivity index (χ1n) is 5.93. The van der Waals surface area contributed by atoms with Gasteiger partial charge in [0.15, 0.2) is 0 Å². The van der Waals surface area contributed by atoms with E-state index in [1.54, 1.807) is 17.4 Å². The van der Waals surface area contributed by atoms with Crippen LogP contribution in [0.4, 0.5) is 5.69 Å². The lowest BCUT2D eigenvalue weighted by Crippen LogP contribution is -2.19. The van der Waals surface area contributed by atoms with Gasteiger partial charge in [-0.25, -0.2) is 9.78 Å². The molecule has 2 aromatic rings. The SMILES string of the molecule is Cc1ccc(N(C)Cc2scnc2C)c(C(=O)O)c1. The number of carboxylic acids is 1. The number of benzene rings is 1. The third kappa shape index (κ3) is 2.93. The van der Waals surface area contributed by atoms with Crippen molar-refractivity contribution in [2.45, 2.75) is 20.4 Å². The van der Waals surface area contributed by atoms with Crippen LogP contribution in [0.3, 0.4) is 0 Å². The maximum absolute atomic E-state index is 11.3. The standard InChI is InChI=1S/C14H16N2O2S/c1-9-4-5-12(11(6-9)14(17)18)16(3)7-13-10(2)15-8-19-13/h4-6,8H,7H2,1-3H3,(H,17,18). The van der Waals surface area contributed by atoms with Crippen molar-refractivity contribution in [3.8, 4) is 0 Å². The normalized spacial score (nSPS) is 10.5. The molecule has 0 aliphatic rings. The predicted molar refractivity (Wildman–Crippen MR) is 77.1 cm³/mol. The topological polar surface area (TPSA) is 53.4 Å². The van der Waals surface area contributed by atoms with Crippen molar-refractivity contribution >= 4 is 23.0 Å². The lowest BCUT2D eigenvalue weighted by atomic mass is 10.1. The van der Waals surface area contributed by atoms with Crippen LogP contribution in [0, 0.1) is 13.8 Å². The van der Waals surface area contributed by atoms with Crippen molar-refractivity contribution in [1.29, 1.82) is 0 Å². The number of aromatic carboxylic acids is 1. The molecule has 0 aliphatic carbocycles. The summed E-state index contributed by atoms with van der Waals surface area (Å²) in [4.78, 5) is 18.6. The molecule has 1 heterocycles. The van der Waals surface area contributed by atoms with Gasteiger partial charge in [0.05, 0.1) is 29.0 Å². The van der Waals surface area contributed by atoms with Crippen LogP contribution in [0.1, 0.15) is 26.5 Å². The molecule has 100 valence electrons. The largest absolute Gasteiger partial charge is 0.478 e. The van der Waals surface area contributed by atoms with Crippen LogP contribution in [0.2, 0.25) is 0 Å². The molecule has 0 radical (unpaired) electrons. The zero-order chi connectivity index (χ0) is 14.0. The number of carbonyl (C=O) groups is 1. The summed E-state index contributed by atoms with van der Waals surface area (Å²) < 4.78 is 0. The third-order valence-electron chi connectivity index (χ3n) is 3.02. The Balaban J connectivity index is 2.31. The Bertz CT molecular complexity index is 607. The van der Waals surface area contributed by atoms with Crippen LogP contribution in [0.5, 0.6) is 0 Å². The lowest BCUT2D eigenvalue weighted by molar-refractivity contribution is 0.0697. The first-order chi connectivity index (χ1) is 8.99. The Morgan fingerprint density at radius 2 is 2.16 bits per heavy atom. The van der Waals surface area contributed by atoms with Crippen molar-refractivity contribution in [3.05, 3.63) is 45.4 Å². The second-order valence-corrected chi connectivity index (χ2v) is 5.48. The van der Waals surface area contributed by atoms with Gasteiger partial charge < -0.3 is 10.0 Å². The molecule has 2 rings (SSSR count). The molecular formula is C14H16N2O2S. The Morgan fingerprint density at radius 3 is 2.74 bits per heavy atom. The second kappa shape index (κ2) is 5.40. The average molecular weight is 276 g/mol. The summed E-state index contributed by atoms with van der Waals surface area (Å²) in [6.07, 6.45) is 0. The molecule has 1 aromatic heterocycles. The van der Waals surface area contributed by atoms with Gasteiger partial charge in [-0.3, -0.25) is 0 Å². The van der Waals surface area contributed by atoms with Crippen LogP contribution < -0.4 is 4.90 Å². The van der Waals surface area contributed by atoms with Crippen molar-refractivity contribution in [2.24, 2.45) is 0 Å². The van der Waals surface area contributed by atoms with Gasteiger partial charge in [0.25, 0.3) is 0 Å². The summed E-state index contributed by atoms with van der Waals surface area (Å²) in [6, 6.07) is 5.49. The number of hydrogen-bond donors (Lipinski definition) is 1. The van der Waals surface area contributed by atoms with Crippen LogP contribution in [-0.2, 0) is 6.54 Å². The molecule has 1 aromatic carbocycles. The molecular weight excluding hydrogens is 260 g/mol. The summed E-state index contributed by atoms with van der Waals surface area (Å²) >= 11 is 1.59. The molecule has 1 N–H and O–H groups in total. The number of nitrogens with zero attached hydrogens (tertiary/aromatic N) is 2. The average Bonchev–Trinajstić information content (AvgIpc) is 2.74. The first kappa shape index (κ1) is 13.5. The molecule has 5 heteroatoms. The van der Waals surface area contributed by atoms with E-state index in [4.69, 9.17) is 0 Å². The molecule has 0 aliphatic heterocycles. The molecule has 0 saturated carbocycles. The van der Waals surface area contributed by atoms with Gasteiger partial charge in [0.2, 0.25) is 0 Å². The van der Waals surface area contributed by atoms with E-state index in [2.05, 4.69) is 4.98 Å². The maximum Gasteiger partial charge on any atom is 0.337 e. The van der Waals surface area contributed by atoms with E-state index in [1.165, 1.54) is 0 Å². The van der Waals surface area contributed by atoms with Gasteiger partial charge >= 0.3 is 5.97 Å². The molecule has 0 atom stereocenters. The fourth-order valence-corrected chi connectivity index (χ4v) is 2.76. The summed E-state index contributed by atoms with van der Waals surface area (Å²) in [6.45, 7) is 4.52. The highest BCUT2D eigenvalue weighted by Crippen LogP contribution is 2.24. The maximum atomic E-state index is 11.3. The number of hydrogen-bond acceptors (Lipinski definition) is 4. The second-order valence-electron chi connectivity index (χ2n) is 4.54. The van der Waals surface area contributed by atoms with Crippen molar-refractivity contribution in [1.82, 2.24) is 4.98 Å². The Labute approximate surface area is 116 Å². The monoisotopic (exact) mass is 276 g/mol. The Hall–Kier alpha value is -1.88. The van der Waals surface area contributed by atoms with Gasteiger partial charge in [-0.05, 0) is 26.0 Å². The number of aryl methyl sites for hydroxylation is 2. The number of aromatic nitrogens is 1. The van der Waals surface area contributed by atoms with E-state index in [0.29, 0.717) is 12.1 Å². The highest BCUT2D eigenvalue weighted by molar-refractivity contribution is 7.09. The molecule has 0 unspecified atom stereocenters. The number of carboxylic acid groups (broad SMARTS) is 1. The van der Waals surface area contributed by atoms with E-state index < -0.39 is 5.97 Å². The van der Waals surface area contributed by atoms with Crippen LogP contribution >= 0.6 is 11.3 Å². The fraction of sp³-hybridized carbons (Fsp3) is 0.286. The fourth-order valence-electron chi connectivity index (χ4n) is 1.93.